The van der Waals surface area contributed by atoms with Crippen molar-refractivity contribution in [3.63, 3.8) is 0 Å². The number of hydrogen-bond donors (Lipinski definition) is 1. The summed E-state index contributed by atoms with van der Waals surface area (Å²) in [5, 5.41) is 3.20. The van der Waals surface area contributed by atoms with Crippen LogP contribution in [0.3, 0.4) is 0 Å². The molecule has 0 bridgehead atoms. The first kappa shape index (κ1) is 18.4. The molecule has 1 heterocycles. The Balaban J connectivity index is 1.87. The molecule has 0 spiro atoms. The average Bonchev–Trinajstić information content (AvgIpc) is 3.16. The van der Waals surface area contributed by atoms with E-state index in [4.69, 9.17) is 4.74 Å². The van der Waals surface area contributed by atoms with Crippen molar-refractivity contribution in [1.29, 1.82) is 0 Å². The smallest absolute Gasteiger partial charge is 0.251 e. The maximum atomic E-state index is 13.1. The molecule has 0 unspecified atom stereocenters. The molecular formula is C21H32N2O2. The number of rotatable bonds is 5. The number of morpholine rings is 1. The van der Waals surface area contributed by atoms with Crippen molar-refractivity contribution in [2.45, 2.75) is 76.6 Å². The van der Waals surface area contributed by atoms with Gasteiger partial charge in [-0.3, -0.25) is 9.69 Å². The Labute approximate surface area is 151 Å². The van der Waals surface area contributed by atoms with Gasteiger partial charge in [0.2, 0.25) is 0 Å². The minimum atomic E-state index is -0.442. The summed E-state index contributed by atoms with van der Waals surface area (Å²) in [6.45, 7) is 7.77. The van der Waals surface area contributed by atoms with Crippen molar-refractivity contribution in [2.24, 2.45) is 0 Å². The quantitative estimate of drug-likeness (QED) is 0.886. The number of carbonyl (C=O) groups is 1. The highest BCUT2D eigenvalue weighted by molar-refractivity contribution is 5.82. The van der Waals surface area contributed by atoms with Crippen molar-refractivity contribution in [3.8, 4) is 0 Å². The molecule has 1 saturated heterocycles. The third-order valence-corrected chi connectivity index (χ3v) is 5.83. The molecule has 1 amide bonds. The van der Waals surface area contributed by atoms with Crippen LogP contribution in [0.5, 0.6) is 0 Å². The highest BCUT2D eigenvalue weighted by atomic mass is 16.5. The molecule has 4 heteroatoms. The lowest BCUT2D eigenvalue weighted by atomic mass is 9.93. The van der Waals surface area contributed by atoms with Crippen LogP contribution in [0.15, 0.2) is 30.3 Å². The maximum absolute atomic E-state index is 13.1. The number of carbonyl (C=O) groups excluding carboxylic acids is 1. The van der Waals surface area contributed by atoms with Crippen LogP contribution in [0.4, 0.5) is 0 Å². The van der Waals surface area contributed by atoms with E-state index < -0.39 is 6.10 Å². The molecule has 138 valence electrons. The Morgan fingerprint density at radius 1 is 1.24 bits per heavy atom. The molecule has 1 aliphatic carbocycles. The van der Waals surface area contributed by atoms with E-state index in [1.165, 1.54) is 31.2 Å². The van der Waals surface area contributed by atoms with Crippen LogP contribution in [0.1, 0.15) is 64.5 Å². The summed E-state index contributed by atoms with van der Waals surface area (Å²) in [7, 11) is 0. The van der Waals surface area contributed by atoms with Gasteiger partial charge in [0, 0.05) is 18.1 Å². The highest BCUT2D eigenvalue weighted by Gasteiger charge is 2.42. The summed E-state index contributed by atoms with van der Waals surface area (Å²) in [5.74, 6) is 0.0170. The van der Waals surface area contributed by atoms with Crippen LogP contribution in [0.25, 0.3) is 0 Å². The molecule has 2 atom stereocenters. The van der Waals surface area contributed by atoms with E-state index in [0.717, 1.165) is 13.0 Å². The first-order chi connectivity index (χ1) is 12.0. The second-order valence-electron chi connectivity index (χ2n) is 8.05. The number of ether oxygens (including phenoxy) is 1. The molecule has 2 fully saturated rings. The zero-order chi connectivity index (χ0) is 17.9. The van der Waals surface area contributed by atoms with Gasteiger partial charge >= 0.3 is 0 Å². The standard InChI is InChI=1S/C21H32N2O2/c1-4-21(2,3)22-20(24)19-18(16-10-6-5-7-11-16)23(14-15-25-19)17-12-8-9-13-17/h5-7,10-11,17-19H,4,8-9,12-15H2,1-3H3,(H,22,24)/t18-,19+/m0/s1. The average molecular weight is 344 g/mol. The van der Waals surface area contributed by atoms with Gasteiger partial charge in [-0.25, -0.2) is 0 Å². The topological polar surface area (TPSA) is 41.6 Å². The van der Waals surface area contributed by atoms with Crippen LogP contribution >= 0.6 is 0 Å². The van der Waals surface area contributed by atoms with E-state index in [0.29, 0.717) is 12.6 Å². The van der Waals surface area contributed by atoms with E-state index in [1.54, 1.807) is 0 Å². The van der Waals surface area contributed by atoms with Crippen molar-refractivity contribution in [3.05, 3.63) is 35.9 Å². The van der Waals surface area contributed by atoms with Gasteiger partial charge in [0.15, 0.2) is 6.10 Å². The zero-order valence-corrected chi connectivity index (χ0v) is 15.8. The third kappa shape index (κ3) is 4.24. The lowest BCUT2D eigenvalue weighted by Gasteiger charge is -2.44. The number of hydrogen-bond acceptors (Lipinski definition) is 3. The molecule has 3 rings (SSSR count). The van der Waals surface area contributed by atoms with Crippen LogP contribution in [0.2, 0.25) is 0 Å². The number of nitrogens with one attached hydrogen (secondary N) is 1. The van der Waals surface area contributed by atoms with Gasteiger partial charge in [0.25, 0.3) is 5.91 Å². The van der Waals surface area contributed by atoms with Gasteiger partial charge in [-0.1, -0.05) is 50.1 Å². The fourth-order valence-electron chi connectivity index (χ4n) is 4.06. The number of amides is 1. The van der Waals surface area contributed by atoms with E-state index in [-0.39, 0.29) is 17.5 Å². The van der Waals surface area contributed by atoms with E-state index in [9.17, 15) is 4.79 Å². The van der Waals surface area contributed by atoms with Crippen molar-refractivity contribution in [2.75, 3.05) is 13.2 Å². The van der Waals surface area contributed by atoms with Crippen LogP contribution in [-0.4, -0.2) is 41.6 Å². The molecule has 1 aromatic carbocycles. The summed E-state index contributed by atoms with van der Waals surface area (Å²) < 4.78 is 6.03. The summed E-state index contributed by atoms with van der Waals surface area (Å²) in [6, 6.07) is 11.0. The zero-order valence-electron chi connectivity index (χ0n) is 15.8. The molecule has 1 aromatic rings. The van der Waals surface area contributed by atoms with Crippen molar-refractivity contribution in [1.82, 2.24) is 10.2 Å². The first-order valence-corrected chi connectivity index (χ1v) is 9.76. The Morgan fingerprint density at radius 3 is 2.56 bits per heavy atom. The van der Waals surface area contributed by atoms with Crippen LogP contribution < -0.4 is 5.32 Å². The summed E-state index contributed by atoms with van der Waals surface area (Å²) in [6.07, 6.45) is 5.51. The molecule has 1 saturated carbocycles. The molecule has 0 radical (unpaired) electrons. The van der Waals surface area contributed by atoms with E-state index >= 15 is 0 Å². The number of benzene rings is 1. The van der Waals surface area contributed by atoms with Gasteiger partial charge in [-0.2, -0.15) is 0 Å². The monoisotopic (exact) mass is 344 g/mol. The summed E-state index contributed by atoms with van der Waals surface area (Å²) >= 11 is 0. The first-order valence-electron chi connectivity index (χ1n) is 9.76. The maximum Gasteiger partial charge on any atom is 0.251 e. The Bertz CT molecular complexity index is 567. The lowest BCUT2D eigenvalue weighted by molar-refractivity contribution is -0.150. The minimum absolute atomic E-state index is 0.00528. The largest absolute Gasteiger partial charge is 0.365 e. The molecule has 1 aliphatic heterocycles. The number of nitrogens with zero attached hydrogens (tertiary/aromatic N) is 1. The SMILES string of the molecule is CCC(C)(C)NC(=O)[C@@H]1OCCN(C2CCCC2)[C@H]1c1ccccc1. The third-order valence-electron chi connectivity index (χ3n) is 5.83. The summed E-state index contributed by atoms with van der Waals surface area (Å²) in [5.41, 5.74) is 0.973. The molecule has 4 nitrogen and oxygen atoms in total. The molecule has 2 aliphatic rings. The van der Waals surface area contributed by atoms with Gasteiger partial charge in [0.05, 0.1) is 12.6 Å². The van der Waals surface area contributed by atoms with Gasteiger partial charge in [-0.05, 0) is 38.7 Å². The van der Waals surface area contributed by atoms with Crippen LogP contribution in [0, 0.1) is 0 Å². The molecule has 25 heavy (non-hydrogen) atoms. The Morgan fingerprint density at radius 2 is 1.92 bits per heavy atom. The molecular weight excluding hydrogens is 312 g/mol. The Kier molecular flexibility index (Phi) is 5.80. The van der Waals surface area contributed by atoms with Crippen molar-refractivity contribution < 1.29 is 9.53 Å². The predicted octanol–water partition coefficient (Wildman–Crippen LogP) is 3.68. The van der Waals surface area contributed by atoms with E-state index in [1.807, 2.05) is 6.07 Å². The lowest BCUT2D eigenvalue weighted by Crippen LogP contribution is -2.57. The second kappa shape index (κ2) is 7.88. The summed E-state index contributed by atoms with van der Waals surface area (Å²) in [4.78, 5) is 15.6. The fourth-order valence-corrected chi connectivity index (χ4v) is 4.06. The van der Waals surface area contributed by atoms with E-state index in [2.05, 4.69) is 55.3 Å². The minimum Gasteiger partial charge on any atom is -0.365 e. The van der Waals surface area contributed by atoms with Crippen LogP contribution in [-0.2, 0) is 9.53 Å². The van der Waals surface area contributed by atoms with Crippen molar-refractivity contribution >= 4 is 5.91 Å². The van der Waals surface area contributed by atoms with Gasteiger partial charge in [0.1, 0.15) is 0 Å². The predicted molar refractivity (Wildman–Crippen MR) is 100 cm³/mol. The fraction of sp³-hybridized carbons (Fsp3) is 0.667. The normalized spacial score (nSPS) is 25.9. The van der Waals surface area contributed by atoms with Gasteiger partial charge in [-0.15, -0.1) is 0 Å². The Hall–Kier alpha value is -1.39. The highest BCUT2D eigenvalue weighted by Crippen LogP contribution is 2.36. The van der Waals surface area contributed by atoms with Gasteiger partial charge < -0.3 is 10.1 Å². The second-order valence-corrected chi connectivity index (χ2v) is 8.05. The molecule has 0 aromatic heterocycles. The molecule has 1 N–H and O–H groups in total.